The smallest absolute Gasteiger partial charge is 0.134 e. The Morgan fingerprint density at radius 3 is 2.75 bits per heavy atom. The molecule has 0 aromatic heterocycles. The maximum atomic E-state index is 9.79. The lowest BCUT2D eigenvalue weighted by molar-refractivity contribution is 0.449. The molecule has 0 atom stereocenters. The van der Waals surface area contributed by atoms with Gasteiger partial charge >= 0.3 is 0 Å². The quantitative estimate of drug-likeness (QED) is 0.829. The lowest BCUT2D eigenvalue weighted by atomic mass is 9.91. The van der Waals surface area contributed by atoms with Crippen LogP contribution in [0.1, 0.15) is 29.5 Å². The molecule has 0 heterocycles. The van der Waals surface area contributed by atoms with Gasteiger partial charge in [0.15, 0.2) is 0 Å². The number of aryl methyl sites for hydroxylation is 1. The summed E-state index contributed by atoms with van der Waals surface area (Å²) in [5.74, 6) is 4.01. The lowest BCUT2D eigenvalue weighted by Gasteiger charge is -2.19. The van der Waals surface area contributed by atoms with E-state index < -0.39 is 0 Å². The Hall–Kier alpha value is -2.40. The summed E-state index contributed by atoms with van der Waals surface area (Å²) in [5.41, 5.74) is 3.14. The minimum atomic E-state index is 0.0785. The molecule has 2 nitrogen and oxygen atoms in total. The van der Waals surface area contributed by atoms with Gasteiger partial charge in [0.1, 0.15) is 17.2 Å². The Bertz CT molecular complexity index is 680. The van der Waals surface area contributed by atoms with Crippen LogP contribution in [0.4, 0.5) is 0 Å². The van der Waals surface area contributed by atoms with Gasteiger partial charge < -0.3 is 9.84 Å². The third-order valence-corrected chi connectivity index (χ3v) is 3.71. The molecule has 0 saturated heterocycles. The van der Waals surface area contributed by atoms with Crippen molar-refractivity contribution in [1.29, 1.82) is 0 Å². The first-order valence-electron chi connectivity index (χ1n) is 6.86. The van der Waals surface area contributed by atoms with E-state index in [9.17, 15) is 5.11 Å². The van der Waals surface area contributed by atoms with Crippen LogP contribution in [0.2, 0.25) is 0 Å². The SMILES string of the molecule is C#Cc1ccc(Oc2cccc3c2CCCC3)cc1O. The van der Waals surface area contributed by atoms with Crippen LogP contribution < -0.4 is 4.74 Å². The normalized spacial score (nSPS) is 13.3. The molecule has 3 rings (SSSR count). The van der Waals surface area contributed by atoms with E-state index in [0.717, 1.165) is 18.6 Å². The molecule has 0 amide bonds. The molecule has 2 aromatic carbocycles. The molecule has 2 aromatic rings. The minimum Gasteiger partial charge on any atom is -0.507 e. The van der Waals surface area contributed by atoms with Crippen LogP contribution in [0.15, 0.2) is 36.4 Å². The summed E-state index contributed by atoms with van der Waals surface area (Å²) in [4.78, 5) is 0. The highest BCUT2D eigenvalue weighted by atomic mass is 16.5. The molecule has 0 spiro atoms. The number of hydrogen-bond donors (Lipinski definition) is 1. The molecule has 0 saturated carbocycles. The van der Waals surface area contributed by atoms with Gasteiger partial charge in [-0.3, -0.25) is 0 Å². The summed E-state index contributed by atoms with van der Waals surface area (Å²) in [5, 5.41) is 9.79. The molecule has 0 bridgehead atoms. The maximum absolute atomic E-state index is 9.79. The number of phenolic OH excluding ortho intramolecular Hbond substituents is 1. The van der Waals surface area contributed by atoms with Crippen molar-refractivity contribution < 1.29 is 9.84 Å². The van der Waals surface area contributed by atoms with Crippen molar-refractivity contribution >= 4 is 0 Å². The van der Waals surface area contributed by atoms with Gasteiger partial charge in [0.2, 0.25) is 0 Å². The van der Waals surface area contributed by atoms with Gasteiger partial charge in [-0.25, -0.2) is 0 Å². The van der Waals surface area contributed by atoms with E-state index >= 15 is 0 Å². The first kappa shape index (κ1) is 12.6. The van der Waals surface area contributed by atoms with Gasteiger partial charge in [0, 0.05) is 6.07 Å². The second-order valence-electron chi connectivity index (χ2n) is 5.03. The second-order valence-corrected chi connectivity index (χ2v) is 5.03. The molecule has 100 valence electrons. The molecule has 0 radical (unpaired) electrons. The van der Waals surface area contributed by atoms with Gasteiger partial charge in [-0.15, -0.1) is 6.42 Å². The van der Waals surface area contributed by atoms with Crippen LogP contribution in [0.25, 0.3) is 0 Å². The van der Waals surface area contributed by atoms with E-state index in [1.807, 2.05) is 12.1 Å². The molecule has 0 fully saturated rings. The highest BCUT2D eigenvalue weighted by Crippen LogP contribution is 2.34. The van der Waals surface area contributed by atoms with Crippen LogP contribution >= 0.6 is 0 Å². The van der Waals surface area contributed by atoms with Gasteiger partial charge in [-0.1, -0.05) is 18.1 Å². The Kier molecular flexibility index (Phi) is 3.35. The Morgan fingerprint density at radius 2 is 1.95 bits per heavy atom. The van der Waals surface area contributed by atoms with Crippen molar-refractivity contribution in [2.75, 3.05) is 0 Å². The Balaban J connectivity index is 1.92. The topological polar surface area (TPSA) is 29.5 Å². The highest BCUT2D eigenvalue weighted by molar-refractivity contribution is 5.50. The van der Waals surface area contributed by atoms with Crippen molar-refractivity contribution in [3.8, 4) is 29.6 Å². The van der Waals surface area contributed by atoms with Crippen molar-refractivity contribution in [1.82, 2.24) is 0 Å². The zero-order chi connectivity index (χ0) is 13.9. The number of terminal acetylenes is 1. The molecule has 20 heavy (non-hydrogen) atoms. The molecule has 0 unspecified atom stereocenters. The zero-order valence-corrected chi connectivity index (χ0v) is 11.2. The fourth-order valence-corrected chi connectivity index (χ4v) is 2.67. The fraction of sp³-hybridized carbons (Fsp3) is 0.222. The highest BCUT2D eigenvalue weighted by Gasteiger charge is 2.14. The molecule has 0 aliphatic heterocycles. The monoisotopic (exact) mass is 264 g/mol. The number of hydrogen-bond acceptors (Lipinski definition) is 2. The number of aromatic hydroxyl groups is 1. The van der Waals surface area contributed by atoms with Crippen molar-refractivity contribution in [3.63, 3.8) is 0 Å². The molecular weight excluding hydrogens is 248 g/mol. The van der Waals surface area contributed by atoms with Gasteiger partial charge in [-0.05, 0) is 55.0 Å². The van der Waals surface area contributed by atoms with E-state index in [1.165, 1.54) is 24.0 Å². The summed E-state index contributed by atoms with van der Waals surface area (Å²) in [6.45, 7) is 0. The lowest BCUT2D eigenvalue weighted by Crippen LogP contribution is -2.04. The number of phenols is 1. The van der Waals surface area contributed by atoms with Crippen LogP contribution in [0.5, 0.6) is 17.2 Å². The van der Waals surface area contributed by atoms with Crippen molar-refractivity contribution in [2.24, 2.45) is 0 Å². The zero-order valence-electron chi connectivity index (χ0n) is 11.2. The van der Waals surface area contributed by atoms with Gasteiger partial charge in [0.25, 0.3) is 0 Å². The summed E-state index contributed by atoms with van der Waals surface area (Å²) < 4.78 is 5.93. The van der Waals surface area contributed by atoms with Crippen LogP contribution in [-0.4, -0.2) is 5.11 Å². The van der Waals surface area contributed by atoms with E-state index in [-0.39, 0.29) is 5.75 Å². The Morgan fingerprint density at radius 1 is 1.10 bits per heavy atom. The van der Waals surface area contributed by atoms with Gasteiger partial charge in [-0.2, -0.15) is 0 Å². The average Bonchev–Trinajstić information content (AvgIpc) is 2.48. The van der Waals surface area contributed by atoms with Crippen LogP contribution in [-0.2, 0) is 12.8 Å². The number of fused-ring (bicyclic) bond motifs is 1. The standard InChI is InChI=1S/C18H16O2/c1-2-13-10-11-15(12-17(13)19)20-18-9-5-7-14-6-3-4-8-16(14)18/h1,5,7,9-12,19H,3-4,6,8H2. The van der Waals surface area contributed by atoms with Crippen molar-refractivity contribution in [3.05, 3.63) is 53.1 Å². The predicted octanol–water partition coefficient (Wildman–Crippen LogP) is 4.04. The van der Waals surface area contributed by atoms with E-state index in [4.69, 9.17) is 11.2 Å². The maximum Gasteiger partial charge on any atom is 0.134 e. The van der Waals surface area contributed by atoms with E-state index in [2.05, 4.69) is 12.0 Å². The first-order chi connectivity index (χ1) is 9.78. The predicted molar refractivity (Wildman–Crippen MR) is 79.2 cm³/mol. The number of rotatable bonds is 2. The summed E-state index contributed by atoms with van der Waals surface area (Å²) in [6, 6.07) is 11.2. The van der Waals surface area contributed by atoms with E-state index in [0.29, 0.717) is 11.3 Å². The minimum absolute atomic E-state index is 0.0785. The first-order valence-corrected chi connectivity index (χ1v) is 6.86. The number of ether oxygens (including phenoxy) is 1. The number of benzene rings is 2. The van der Waals surface area contributed by atoms with Gasteiger partial charge in [0.05, 0.1) is 5.56 Å². The third-order valence-electron chi connectivity index (χ3n) is 3.71. The third kappa shape index (κ3) is 2.35. The largest absolute Gasteiger partial charge is 0.507 e. The second kappa shape index (κ2) is 5.30. The van der Waals surface area contributed by atoms with Crippen LogP contribution in [0, 0.1) is 12.3 Å². The summed E-state index contributed by atoms with van der Waals surface area (Å²) >= 11 is 0. The molecular formula is C18H16O2. The Labute approximate surface area is 119 Å². The average molecular weight is 264 g/mol. The summed E-state index contributed by atoms with van der Waals surface area (Å²) in [7, 11) is 0. The summed E-state index contributed by atoms with van der Waals surface area (Å²) in [6.07, 6.45) is 9.92. The van der Waals surface area contributed by atoms with Crippen LogP contribution in [0.3, 0.4) is 0 Å². The van der Waals surface area contributed by atoms with Crippen molar-refractivity contribution in [2.45, 2.75) is 25.7 Å². The molecule has 2 heteroatoms. The molecule has 1 N–H and O–H groups in total. The molecule has 1 aliphatic rings. The van der Waals surface area contributed by atoms with E-state index in [1.54, 1.807) is 18.2 Å². The molecule has 1 aliphatic carbocycles. The fourth-order valence-electron chi connectivity index (χ4n) is 2.67.